The van der Waals surface area contributed by atoms with Gasteiger partial charge in [-0.1, -0.05) is 49.7 Å². The fourth-order valence-electron chi connectivity index (χ4n) is 2.20. The summed E-state index contributed by atoms with van der Waals surface area (Å²) in [6.07, 6.45) is 5.73. The van der Waals surface area contributed by atoms with Crippen molar-refractivity contribution in [3.8, 4) is 0 Å². The molecule has 0 aromatic heterocycles. The van der Waals surface area contributed by atoms with Crippen LogP contribution in [0.4, 0.5) is 0 Å². The second kappa shape index (κ2) is 7.75. The van der Waals surface area contributed by atoms with Crippen molar-refractivity contribution in [3.63, 3.8) is 0 Å². The van der Waals surface area contributed by atoms with Crippen molar-refractivity contribution in [3.05, 3.63) is 65.2 Å². The van der Waals surface area contributed by atoms with Crippen molar-refractivity contribution in [2.75, 3.05) is 6.26 Å². The topological polar surface area (TPSA) is 0 Å². The highest BCUT2D eigenvalue weighted by Gasteiger charge is 2.10. The van der Waals surface area contributed by atoms with Gasteiger partial charge in [0.1, 0.15) is 0 Å². The summed E-state index contributed by atoms with van der Waals surface area (Å²) < 4.78 is 0. The van der Waals surface area contributed by atoms with Crippen molar-refractivity contribution >= 4 is 23.4 Å². The first kappa shape index (κ1) is 15.5. The molecule has 1 atom stereocenters. The van der Waals surface area contributed by atoms with Gasteiger partial charge >= 0.3 is 0 Å². The van der Waals surface area contributed by atoms with Crippen molar-refractivity contribution in [2.45, 2.75) is 36.5 Å². The van der Waals surface area contributed by atoms with E-state index < -0.39 is 0 Å². The molecule has 0 fully saturated rings. The van der Waals surface area contributed by atoms with Crippen LogP contribution in [0.5, 0.6) is 0 Å². The molecule has 0 aliphatic heterocycles. The second-order valence-corrected chi connectivity index (χ2v) is 6.30. The molecular weight excluding hydrogens is 284 g/mol. The molecule has 0 saturated heterocycles. The lowest BCUT2D eigenvalue weighted by molar-refractivity contribution is 0.794. The van der Waals surface area contributed by atoms with E-state index in [1.807, 2.05) is 0 Å². The molecule has 0 radical (unpaired) electrons. The molecule has 0 saturated carbocycles. The molecule has 106 valence electrons. The first-order valence-corrected chi connectivity index (χ1v) is 8.77. The van der Waals surface area contributed by atoms with Gasteiger partial charge in [-0.3, -0.25) is 0 Å². The molecule has 0 amide bonds. The van der Waals surface area contributed by atoms with Crippen LogP contribution < -0.4 is 0 Å². The minimum absolute atomic E-state index is 0.0638. The van der Waals surface area contributed by atoms with Crippen LogP contribution in [0.2, 0.25) is 0 Å². The van der Waals surface area contributed by atoms with Gasteiger partial charge in [-0.25, -0.2) is 0 Å². The average molecular weight is 305 g/mol. The molecule has 20 heavy (non-hydrogen) atoms. The number of alkyl halides is 1. The van der Waals surface area contributed by atoms with E-state index in [4.69, 9.17) is 11.6 Å². The van der Waals surface area contributed by atoms with E-state index in [0.717, 1.165) is 12.0 Å². The third kappa shape index (κ3) is 4.04. The molecule has 1 unspecified atom stereocenters. The molecule has 0 bridgehead atoms. The minimum atomic E-state index is -0.0638. The predicted octanol–water partition coefficient (Wildman–Crippen LogP) is 6.08. The quantitative estimate of drug-likeness (QED) is 0.460. The summed E-state index contributed by atoms with van der Waals surface area (Å²) in [5, 5.41) is -0.0638. The Kier molecular flexibility index (Phi) is 6.00. The van der Waals surface area contributed by atoms with Crippen molar-refractivity contribution in [1.82, 2.24) is 0 Å². The van der Waals surface area contributed by atoms with E-state index in [0.29, 0.717) is 0 Å². The highest BCUT2D eigenvalue weighted by atomic mass is 35.5. The monoisotopic (exact) mass is 304 g/mol. The number of aryl methyl sites for hydroxylation is 1. The highest BCUT2D eigenvalue weighted by Crippen LogP contribution is 2.30. The lowest BCUT2D eigenvalue weighted by atomic mass is 10.0. The van der Waals surface area contributed by atoms with Crippen LogP contribution >= 0.6 is 23.4 Å². The van der Waals surface area contributed by atoms with E-state index in [1.165, 1.54) is 28.9 Å². The zero-order valence-electron chi connectivity index (χ0n) is 12.1. The van der Waals surface area contributed by atoms with Crippen molar-refractivity contribution in [1.29, 1.82) is 0 Å². The van der Waals surface area contributed by atoms with Crippen LogP contribution in [0, 0.1) is 0 Å². The number of unbranched alkanes of at least 4 members (excludes halogenated alkanes) is 1. The molecule has 0 N–H and O–H groups in total. The number of thioether (sulfide) groups is 1. The average Bonchev–Trinajstić information content (AvgIpc) is 2.53. The second-order valence-electron chi connectivity index (χ2n) is 4.98. The Morgan fingerprint density at radius 1 is 0.950 bits per heavy atom. The number of halogens is 1. The van der Waals surface area contributed by atoms with Gasteiger partial charge in [-0.05, 0) is 47.9 Å². The summed E-state index contributed by atoms with van der Waals surface area (Å²) in [5.41, 5.74) is 3.73. The summed E-state index contributed by atoms with van der Waals surface area (Å²) in [6.45, 7) is 2.22. The van der Waals surface area contributed by atoms with Gasteiger partial charge in [0, 0.05) is 4.90 Å². The largest absolute Gasteiger partial charge is 0.130 e. The molecule has 0 spiro atoms. The number of benzene rings is 2. The summed E-state index contributed by atoms with van der Waals surface area (Å²) in [7, 11) is 0. The number of hydrogen-bond donors (Lipinski definition) is 0. The van der Waals surface area contributed by atoms with Gasteiger partial charge in [0.05, 0.1) is 5.38 Å². The first-order valence-electron chi connectivity index (χ1n) is 7.11. The Morgan fingerprint density at radius 2 is 1.50 bits per heavy atom. The van der Waals surface area contributed by atoms with Gasteiger partial charge in [0.2, 0.25) is 0 Å². The number of rotatable bonds is 6. The summed E-state index contributed by atoms with van der Waals surface area (Å²) in [6, 6.07) is 17.2. The molecule has 2 aromatic carbocycles. The van der Waals surface area contributed by atoms with Gasteiger partial charge in [-0.15, -0.1) is 23.4 Å². The molecule has 0 nitrogen and oxygen atoms in total. The molecule has 0 heterocycles. The van der Waals surface area contributed by atoms with E-state index in [-0.39, 0.29) is 5.38 Å². The standard InChI is InChI=1S/C18H21ClS/c1-3-4-5-14-6-8-15(9-7-14)18(19)16-10-12-17(20-2)13-11-16/h6-13,18H,3-5H2,1-2H3. The van der Waals surface area contributed by atoms with Crippen molar-refractivity contribution in [2.24, 2.45) is 0 Å². The van der Waals surface area contributed by atoms with Crippen LogP contribution in [0.15, 0.2) is 53.4 Å². The fraction of sp³-hybridized carbons (Fsp3) is 0.333. The Hall–Kier alpha value is -0.920. The van der Waals surface area contributed by atoms with Crippen LogP contribution in [0.25, 0.3) is 0 Å². The Morgan fingerprint density at radius 3 is 2.00 bits per heavy atom. The SMILES string of the molecule is CCCCc1ccc(C(Cl)c2ccc(SC)cc2)cc1. The van der Waals surface area contributed by atoms with E-state index in [9.17, 15) is 0 Å². The Bertz CT molecular complexity index is 516. The maximum atomic E-state index is 6.58. The molecule has 0 aliphatic carbocycles. The van der Waals surface area contributed by atoms with Gasteiger partial charge in [0.15, 0.2) is 0 Å². The van der Waals surface area contributed by atoms with Gasteiger partial charge < -0.3 is 0 Å². The van der Waals surface area contributed by atoms with Crippen LogP contribution in [0.1, 0.15) is 41.8 Å². The van der Waals surface area contributed by atoms with Crippen molar-refractivity contribution < 1.29 is 0 Å². The molecular formula is C18H21ClS. The minimum Gasteiger partial charge on any atom is -0.130 e. The number of hydrogen-bond acceptors (Lipinski definition) is 1. The van der Waals surface area contributed by atoms with Gasteiger partial charge in [-0.2, -0.15) is 0 Å². The fourth-order valence-corrected chi connectivity index (χ4v) is 2.90. The lowest BCUT2D eigenvalue weighted by Crippen LogP contribution is -1.94. The molecule has 2 rings (SSSR count). The zero-order chi connectivity index (χ0) is 14.4. The Labute approximate surface area is 131 Å². The third-order valence-corrected chi connectivity index (χ3v) is 4.75. The first-order chi connectivity index (χ1) is 9.74. The summed E-state index contributed by atoms with van der Waals surface area (Å²) in [5.74, 6) is 0. The lowest BCUT2D eigenvalue weighted by Gasteiger charge is -2.11. The predicted molar refractivity (Wildman–Crippen MR) is 91.0 cm³/mol. The van der Waals surface area contributed by atoms with Crippen LogP contribution in [-0.4, -0.2) is 6.26 Å². The van der Waals surface area contributed by atoms with Gasteiger partial charge in [0.25, 0.3) is 0 Å². The molecule has 0 aliphatic rings. The maximum absolute atomic E-state index is 6.58. The molecule has 2 aromatic rings. The highest BCUT2D eigenvalue weighted by molar-refractivity contribution is 7.98. The maximum Gasteiger partial charge on any atom is 0.0835 e. The van der Waals surface area contributed by atoms with Crippen LogP contribution in [-0.2, 0) is 6.42 Å². The van der Waals surface area contributed by atoms with E-state index in [2.05, 4.69) is 61.7 Å². The third-order valence-electron chi connectivity index (χ3n) is 3.50. The van der Waals surface area contributed by atoms with E-state index in [1.54, 1.807) is 11.8 Å². The normalized spacial score (nSPS) is 12.3. The van der Waals surface area contributed by atoms with Crippen LogP contribution in [0.3, 0.4) is 0 Å². The summed E-state index contributed by atoms with van der Waals surface area (Å²) >= 11 is 8.33. The smallest absolute Gasteiger partial charge is 0.0835 e. The summed E-state index contributed by atoms with van der Waals surface area (Å²) in [4.78, 5) is 1.27. The van der Waals surface area contributed by atoms with E-state index >= 15 is 0 Å². The molecule has 2 heteroatoms. The zero-order valence-corrected chi connectivity index (χ0v) is 13.7. The Balaban J connectivity index is 2.09.